The first-order valence-corrected chi connectivity index (χ1v) is 5.12. The van der Waals surface area contributed by atoms with E-state index in [4.69, 9.17) is 5.11 Å². The van der Waals surface area contributed by atoms with Crippen LogP contribution in [0, 0.1) is 0 Å². The molecule has 2 N–H and O–H groups in total. The maximum atomic E-state index is 10.3. The lowest BCUT2D eigenvalue weighted by atomic mass is 10.2. The van der Waals surface area contributed by atoms with E-state index in [1.54, 1.807) is 11.3 Å². The summed E-state index contributed by atoms with van der Waals surface area (Å²) in [6.45, 7) is 0.340. The van der Waals surface area contributed by atoms with Crippen LogP contribution < -0.4 is 4.90 Å². The number of carbonyl (C=O) groups is 1. The molecule has 0 aliphatic rings. The molecule has 0 aliphatic carbocycles. The summed E-state index contributed by atoms with van der Waals surface area (Å²) >= 11 is 1.56. The molecule has 0 radical (unpaired) electrons. The maximum Gasteiger partial charge on any atom is 0.306 e. The average Bonchev–Trinajstić information content (AvgIpc) is 2.53. The highest BCUT2D eigenvalue weighted by Gasteiger charge is 2.12. The quantitative estimate of drug-likeness (QED) is 0.770. The highest BCUT2D eigenvalue weighted by Crippen LogP contribution is 2.19. The van der Waals surface area contributed by atoms with Gasteiger partial charge in [0.15, 0.2) is 0 Å². The summed E-state index contributed by atoms with van der Waals surface area (Å²) in [6, 6.07) is 3.85. The summed E-state index contributed by atoms with van der Waals surface area (Å²) in [5.41, 5.74) is 0. The number of likely N-dealkylation sites (N-methyl/N-ethyl adjacent to an activating group) is 1. The number of aliphatic carboxylic acids is 1. The summed E-state index contributed by atoms with van der Waals surface area (Å²) in [7, 11) is 1.83. The third-order valence-electron chi connectivity index (χ3n) is 1.78. The standard InChI is InChI=1S/C9H13NO3S/c1-10(8-3-2-4-14-8)6-7(11)5-9(12)13/h2-4,7,11H,5-6H2,1H3,(H,12,13). The van der Waals surface area contributed by atoms with E-state index in [2.05, 4.69) is 0 Å². The Hall–Kier alpha value is -1.07. The Bertz CT molecular complexity index is 286. The first-order chi connectivity index (χ1) is 6.59. The topological polar surface area (TPSA) is 60.8 Å². The lowest BCUT2D eigenvalue weighted by Gasteiger charge is -2.19. The van der Waals surface area contributed by atoms with Gasteiger partial charge in [0.2, 0.25) is 0 Å². The number of hydrogen-bond donors (Lipinski definition) is 2. The number of carboxylic acid groups (broad SMARTS) is 1. The average molecular weight is 215 g/mol. The van der Waals surface area contributed by atoms with Crippen LogP contribution in [0.15, 0.2) is 17.5 Å². The van der Waals surface area contributed by atoms with E-state index in [-0.39, 0.29) is 6.42 Å². The fourth-order valence-electron chi connectivity index (χ4n) is 1.16. The number of carboxylic acids is 1. The Labute approximate surface area is 86.4 Å². The van der Waals surface area contributed by atoms with E-state index >= 15 is 0 Å². The van der Waals surface area contributed by atoms with Crippen molar-refractivity contribution in [2.45, 2.75) is 12.5 Å². The molecule has 0 amide bonds. The van der Waals surface area contributed by atoms with Gasteiger partial charge < -0.3 is 15.1 Å². The van der Waals surface area contributed by atoms with Crippen molar-refractivity contribution in [2.75, 3.05) is 18.5 Å². The Morgan fingerprint density at radius 2 is 2.43 bits per heavy atom. The normalized spacial score (nSPS) is 12.4. The van der Waals surface area contributed by atoms with E-state index in [0.29, 0.717) is 6.54 Å². The molecule has 1 aromatic rings. The fraction of sp³-hybridized carbons (Fsp3) is 0.444. The molecule has 0 saturated heterocycles. The van der Waals surface area contributed by atoms with Gasteiger partial charge in [0.25, 0.3) is 0 Å². The molecule has 4 nitrogen and oxygen atoms in total. The van der Waals surface area contributed by atoms with E-state index in [1.807, 2.05) is 29.5 Å². The SMILES string of the molecule is CN(CC(O)CC(=O)O)c1cccs1. The first kappa shape index (κ1) is 11.0. The van der Waals surface area contributed by atoms with Crippen LogP contribution in [0.3, 0.4) is 0 Å². The van der Waals surface area contributed by atoms with Gasteiger partial charge in [-0.1, -0.05) is 0 Å². The smallest absolute Gasteiger partial charge is 0.306 e. The first-order valence-electron chi connectivity index (χ1n) is 4.24. The van der Waals surface area contributed by atoms with Crippen LogP contribution in [-0.2, 0) is 4.79 Å². The Morgan fingerprint density at radius 1 is 1.71 bits per heavy atom. The zero-order valence-corrected chi connectivity index (χ0v) is 8.70. The van der Waals surface area contributed by atoms with Gasteiger partial charge >= 0.3 is 5.97 Å². The molecule has 1 heterocycles. The number of hydrogen-bond acceptors (Lipinski definition) is 4. The molecule has 0 saturated carbocycles. The number of nitrogens with zero attached hydrogens (tertiary/aromatic N) is 1. The third kappa shape index (κ3) is 3.35. The lowest BCUT2D eigenvalue weighted by Crippen LogP contribution is -2.30. The van der Waals surface area contributed by atoms with E-state index < -0.39 is 12.1 Å². The van der Waals surface area contributed by atoms with Crippen LogP contribution >= 0.6 is 11.3 Å². The molecule has 0 aromatic carbocycles. The minimum absolute atomic E-state index is 0.213. The number of rotatable bonds is 5. The van der Waals surface area contributed by atoms with Crippen LogP contribution in [0.5, 0.6) is 0 Å². The third-order valence-corrected chi connectivity index (χ3v) is 2.76. The summed E-state index contributed by atoms with van der Waals surface area (Å²) in [5, 5.41) is 20.8. The number of anilines is 1. The predicted molar refractivity (Wildman–Crippen MR) is 55.8 cm³/mol. The van der Waals surface area contributed by atoms with Gasteiger partial charge in [0.1, 0.15) is 0 Å². The highest BCUT2D eigenvalue weighted by atomic mass is 32.1. The second-order valence-corrected chi connectivity index (χ2v) is 4.01. The van der Waals surface area contributed by atoms with E-state index in [9.17, 15) is 9.90 Å². The molecule has 0 aliphatic heterocycles. The van der Waals surface area contributed by atoms with Crippen LogP contribution in [0.4, 0.5) is 5.00 Å². The number of aliphatic hydroxyl groups is 1. The molecule has 5 heteroatoms. The van der Waals surface area contributed by atoms with E-state index in [1.165, 1.54) is 0 Å². The molecule has 0 fully saturated rings. The minimum atomic E-state index is -0.975. The second kappa shape index (κ2) is 4.97. The summed E-state index contributed by atoms with van der Waals surface area (Å²) in [6.07, 6.45) is -1.03. The Morgan fingerprint density at radius 3 is 2.93 bits per heavy atom. The Kier molecular flexibility index (Phi) is 3.91. The second-order valence-electron chi connectivity index (χ2n) is 3.08. The van der Waals surface area contributed by atoms with Gasteiger partial charge in [-0.2, -0.15) is 0 Å². The molecule has 1 atom stereocenters. The van der Waals surface area contributed by atoms with Gasteiger partial charge in [0.05, 0.1) is 17.5 Å². The van der Waals surface area contributed by atoms with Crippen molar-refractivity contribution in [3.63, 3.8) is 0 Å². The van der Waals surface area contributed by atoms with Gasteiger partial charge in [-0.05, 0) is 17.5 Å². The van der Waals surface area contributed by atoms with Gasteiger partial charge in [0, 0.05) is 13.6 Å². The minimum Gasteiger partial charge on any atom is -0.481 e. The van der Waals surface area contributed by atoms with Crippen molar-refractivity contribution in [3.05, 3.63) is 17.5 Å². The van der Waals surface area contributed by atoms with Crippen molar-refractivity contribution in [1.82, 2.24) is 0 Å². The molecule has 0 spiro atoms. The summed E-state index contributed by atoms with van der Waals surface area (Å²) in [5.74, 6) is -0.975. The zero-order valence-electron chi connectivity index (χ0n) is 7.88. The van der Waals surface area contributed by atoms with Crippen LogP contribution in [0.1, 0.15) is 6.42 Å². The summed E-state index contributed by atoms with van der Waals surface area (Å²) < 4.78 is 0. The molecule has 78 valence electrons. The van der Waals surface area contributed by atoms with Crippen LogP contribution in [0.2, 0.25) is 0 Å². The number of aliphatic hydroxyl groups excluding tert-OH is 1. The monoisotopic (exact) mass is 215 g/mol. The van der Waals surface area contributed by atoms with Crippen LogP contribution in [0.25, 0.3) is 0 Å². The van der Waals surface area contributed by atoms with Gasteiger partial charge in [-0.15, -0.1) is 11.3 Å². The van der Waals surface area contributed by atoms with Gasteiger partial charge in [-0.3, -0.25) is 4.79 Å². The molecule has 14 heavy (non-hydrogen) atoms. The van der Waals surface area contributed by atoms with Gasteiger partial charge in [-0.25, -0.2) is 0 Å². The molecular weight excluding hydrogens is 202 g/mol. The maximum absolute atomic E-state index is 10.3. The number of thiophene rings is 1. The lowest BCUT2D eigenvalue weighted by molar-refractivity contribution is -0.139. The summed E-state index contributed by atoms with van der Waals surface area (Å²) in [4.78, 5) is 12.1. The van der Waals surface area contributed by atoms with Crippen molar-refractivity contribution in [1.29, 1.82) is 0 Å². The van der Waals surface area contributed by atoms with Crippen LogP contribution in [-0.4, -0.2) is 35.9 Å². The van der Waals surface area contributed by atoms with Crippen molar-refractivity contribution >= 4 is 22.3 Å². The van der Waals surface area contributed by atoms with Crippen molar-refractivity contribution in [2.24, 2.45) is 0 Å². The molecular formula is C9H13NO3S. The molecule has 1 unspecified atom stereocenters. The zero-order chi connectivity index (χ0) is 10.6. The van der Waals surface area contributed by atoms with E-state index in [0.717, 1.165) is 5.00 Å². The fourth-order valence-corrected chi connectivity index (χ4v) is 1.87. The highest BCUT2D eigenvalue weighted by molar-refractivity contribution is 7.14. The molecule has 0 bridgehead atoms. The van der Waals surface area contributed by atoms with Crippen molar-refractivity contribution in [3.8, 4) is 0 Å². The molecule has 1 rings (SSSR count). The largest absolute Gasteiger partial charge is 0.481 e. The predicted octanol–water partition coefficient (Wildman–Crippen LogP) is 1.02. The van der Waals surface area contributed by atoms with Crippen molar-refractivity contribution < 1.29 is 15.0 Å². The Balaban J connectivity index is 2.41. The molecule has 1 aromatic heterocycles.